The van der Waals surface area contributed by atoms with Crippen molar-refractivity contribution in [3.05, 3.63) is 65.2 Å². The molecular formula is C20H13N2O6-. The van der Waals surface area contributed by atoms with E-state index in [0.29, 0.717) is 5.56 Å². The normalized spacial score (nSPS) is 20.6. The second-order valence-electron chi connectivity index (χ2n) is 6.52. The summed E-state index contributed by atoms with van der Waals surface area (Å²) in [4.78, 5) is 55.1. The molecule has 0 unspecified atom stereocenters. The maximum atomic E-state index is 12.9. The summed E-state index contributed by atoms with van der Waals surface area (Å²) in [5.74, 6) is -4.30. The van der Waals surface area contributed by atoms with Crippen LogP contribution >= 0.6 is 0 Å². The van der Waals surface area contributed by atoms with Gasteiger partial charge in [0.05, 0.1) is 11.7 Å². The lowest BCUT2D eigenvalue weighted by molar-refractivity contribution is -0.255. The first-order chi connectivity index (χ1) is 13.4. The predicted octanol–water partition coefficient (Wildman–Crippen LogP) is 0.486. The quantitative estimate of drug-likeness (QED) is 0.565. The van der Waals surface area contributed by atoms with Gasteiger partial charge in [-0.25, -0.2) is 4.90 Å². The van der Waals surface area contributed by atoms with Gasteiger partial charge in [0.2, 0.25) is 17.8 Å². The van der Waals surface area contributed by atoms with E-state index in [0.717, 1.165) is 10.5 Å². The zero-order valence-electron chi connectivity index (χ0n) is 14.6. The Hall–Kier alpha value is -3.81. The number of hydrogen-bond donors (Lipinski definition) is 0. The number of nitrogens with zero attached hydrogens (tertiary/aromatic N) is 2. The van der Waals surface area contributed by atoms with E-state index < -0.39 is 35.6 Å². The highest BCUT2D eigenvalue weighted by atomic mass is 16.7. The number of aromatic carboxylic acids is 1. The monoisotopic (exact) mass is 377 g/mol. The zero-order chi connectivity index (χ0) is 20.0. The molecule has 2 heterocycles. The van der Waals surface area contributed by atoms with Crippen molar-refractivity contribution >= 4 is 35.0 Å². The molecule has 28 heavy (non-hydrogen) atoms. The van der Waals surface area contributed by atoms with Crippen LogP contribution < -0.4 is 10.0 Å². The third-order valence-corrected chi connectivity index (χ3v) is 4.72. The Morgan fingerprint density at radius 2 is 1.57 bits per heavy atom. The summed E-state index contributed by atoms with van der Waals surface area (Å²) in [5, 5.41) is 14.6. The van der Waals surface area contributed by atoms with E-state index in [9.17, 15) is 24.3 Å². The fourth-order valence-corrected chi connectivity index (χ4v) is 3.22. The molecule has 140 valence electrons. The number of rotatable bonds is 4. The van der Waals surface area contributed by atoms with Gasteiger partial charge in [0.15, 0.2) is 0 Å². The van der Waals surface area contributed by atoms with Crippen LogP contribution in [-0.2, 0) is 14.4 Å². The molecule has 0 bridgehead atoms. The first-order valence-corrected chi connectivity index (χ1v) is 8.43. The van der Waals surface area contributed by atoms with Crippen LogP contribution in [0.2, 0.25) is 0 Å². The van der Waals surface area contributed by atoms with Gasteiger partial charge < -0.3 is 14.7 Å². The number of ketones is 1. The Morgan fingerprint density at radius 3 is 2.18 bits per heavy atom. The highest BCUT2D eigenvalue weighted by molar-refractivity contribution is 6.52. The summed E-state index contributed by atoms with van der Waals surface area (Å²) in [6.07, 6.45) is -1.21. The van der Waals surface area contributed by atoms with Gasteiger partial charge in [0.25, 0.3) is 5.91 Å². The van der Waals surface area contributed by atoms with Gasteiger partial charge in [-0.15, -0.1) is 0 Å². The van der Waals surface area contributed by atoms with Crippen molar-refractivity contribution in [1.82, 2.24) is 0 Å². The van der Waals surface area contributed by atoms with Gasteiger partial charge >= 0.3 is 0 Å². The number of fused-ring (bicyclic) bond motifs is 1. The van der Waals surface area contributed by atoms with E-state index in [1.807, 2.05) is 6.92 Å². The molecule has 0 aromatic heterocycles. The Labute approximate surface area is 159 Å². The van der Waals surface area contributed by atoms with Crippen molar-refractivity contribution in [2.75, 3.05) is 4.90 Å². The lowest BCUT2D eigenvalue weighted by atomic mass is 9.93. The first-order valence-electron chi connectivity index (χ1n) is 8.43. The average molecular weight is 377 g/mol. The lowest BCUT2D eigenvalue weighted by Gasteiger charge is -2.16. The standard InChI is InChI=1S/C20H14N2O6/c1-10-2-4-11(5-3-10)16(23)15-14-17(28-21-15)19(25)22(18(14)24)13-8-6-12(7-9-13)20(26)27/h2-9,14,17H,1H3,(H,26,27)/p-1/t14-,17+/m1/s1. The van der Waals surface area contributed by atoms with Crippen LogP contribution in [0.5, 0.6) is 0 Å². The van der Waals surface area contributed by atoms with Crippen molar-refractivity contribution < 1.29 is 29.1 Å². The third kappa shape index (κ3) is 2.66. The largest absolute Gasteiger partial charge is 0.545 e. The smallest absolute Gasteiger partial charge is 0.278 e. The number of amides is 2. The number of oxime groups is 1. The lowest BCUT2D eigenvalue weighted by Crippen LogP contribution is -2.34. The highest BCUT2D eigenvalue weighted by Gasteiger charge is 2.57. The number of imide groups is 1. The van der Waals surface area contributed by atoms with Gasteiger partial charge in [-0.3, -0.25) is 14.4 Å². The predicted molar refractivity (Wildman–Crippen MR) is 94.6 cm³/mol. The molecule has 2 aliphatic rings. The molecule has 4 rings (SSSR count). The number of carboxylic acid groups (broad SMARTS) is 1. The molecule has 0 radical (unpaired) electrons. The average Bonchev–Trinajstić information content (AvgIpc) is 3.22. The van der Waals surface area contributed by atoms with Crippen LogP contribution in [0.1, 0.15) is 26.3 Å². The number of hydrogen-bond acceptors (Lipinski definition) is 7. The van der Waals surface area contributed by atoms with Crippen LogP contribution in [0.3, 0.4) is 0 Å². The van der Waals surface area contributed by atoms with Gasteiger partial charge in [-0.1, -0.05) is 47.1 Å². The van der Waals surface area contributed by atoms with E-state index >= 15 is 0 Å². The van der Waals surface area contributed by atoms with Crippen LogP contribution in [0.15, 0.2) is 53.7 Å². The molecule has 0 saturated carbocycles. The summed E-state index contributed by atoms with van der Waals surface area (Å²) >= 11 is 0. The van der Waals surface area contributed by atoms with Gasteiger partial charge in [0, 0.05) is 5.56 Å². The third-order valence-electron chi connectivity index (χ3n) is 4.72. The van der Waals surface area contributed by atoms with Crippen LogP contribution in [0, 0.1) is 12.8 Å². The van der Waals surface area contributed by atoms with Crippen molar-refractivity contribution in [2.45, 2.75) is 13.0 Å². The minimum Gasteiger partial charge on any atom is -0.545 e. The summed E-state index contributed by atoms with van der Waals surface area (Å²) in [6, 6.07) is 11.8. The second kappa shape index (κ2) is 6.41. The van der Waals surface area contributed by atoms with Crippen molar-refractivity contribution in [2.24, 2.45) is 11.1 Å². The molecule has 0 N–H and O–H groups in total. The van der Waals surface area contributed by atoms with Gasteiger partial charge in [0.1, 0.15) is 11.6 Å². The Bertz CT molecular complexity index is 1040. The summed E-state index contributed by atoms with van der Waals surface area (Å²) in [6.45, 7) is 1.88. The number of benzene rings is 2. The Morgan fingerprint density at radius 1 is 0.964 bits per heavy atom. The minimum atomic E-state index is -1.37. The molecule has 0 spiro atoms. The highest BCUT2D eigenvalue weighted by Crippen LogP contribution is 2.34. The van der Waals surface area contributed by atoms with Crippen LogP contribution in [0.25, 0.3) is 0 Å². The Balaban J connectivity index is 1.63. The molecule has 2 amide bonds. The van der Waals surface area contributed by atoms with Crippen LogP contribution in [-0.4, -0.2) is 35.4 Å². The maximum Gasteiger partial charge on any atom is 0.278 e. The molecule has 2 aromatic carbocycles. The molecule has 2 aliphatic heterocycles. The number of anilines is 1. The number of carbonyl (C=O) groups excluding carboxylic acids is 4. The van der Waals surface area contributed by atoms with Crippen LogP contribution in [0.4, 0.5) is 5.69 Å². The fourth-order valence-electron chi connectivity index (χ4n) is 3.22. The van der Waals surface area contributed by atoms with Crippen molar-refractivity contribution in [3.63, 3.8) is 0 Å². The first kappa shape index (κ1) is 17.6. The van der Waals surface area contributed by atoms with E-state index in [2.05, 4.69) is 5.16 Å². The number of Topliss-reactive ketones (excluding diaryl/α,β-unsaturated/α-hetero) is 1. The molecule has 8 heteroatoms. The summed E-state index contributed by atoms with van der Waals surface area (Å²) in [5.41, 5.74) is 1.28. The number of carbonyl (C=O) groups is 4. The molecule has 8 nitrogen and oxygen atoms in total. The fraction of sp³-hybridized carbons (Fsp3) is 0.150. The molecule has 0 aliphatic carbocycles. The Kier molecular flexibility index (Phi) is 4.03. The molecule has 2 atom stereocenters. The van der Waals surface area contributed by atoms with E-state index in [1.54, 1.807) is 24.3 Å². The second-order valence-corrected chi connectivity index (χ2v) is 6.52. The summed E-state index contributed by atoms with van der Waals surface area (Å²) < 4.78 is 0. The SMILES string of the molecule is Cc1ccc(C(=O)C2=NO[C@@H]3C(=O)N(c4ccc(C(=O)[O-])cc4)C(=O)[C@H]23)cc1. The molecule has 1 fully saturated rings. The van der Waals surface area contributed by atoms with E-state index in [-0.39, 0.29) is 17.0 Å². The molecular weight excluding hydrogens is 364 g/mol. The molecule has 1 saturated heterocycles. The molecule has 2 aromatic rings. The van der Waals surface area contributed by atoms with E-state index in [4.69, 9.17) is 4.84 Å². The number of aryl methyl sites for hydroxylation is 1. The number of carboxylic acids is 1. The van der Waals surface area contributed by atoms with Gasteiger partial charge in [-0.05, 0) is 24.6 Å². The van der Waals surface area contributed by atoms with Gasteiger partial charge in [-0.2, -0.15) is 0 Å². The minimum absolute atomic E-state index is 0.0870. The zero-order valence-corrected chi connectivity index (χ0v) is 14.6. The van der Waals surface area contributed by atoms with E-state index in [1.165, 1.54) is 24.3 Å². The maximum absolute atomic E-state index is 12.9. The van der Waals surface area contributed by atoms with Crippen molar-refractivity contribution in [1.29, 1.82) is 0 Å². The summed E-state index contributed by atoms with van der Waals surface area (Å²) in [7, 11) is 0. The van der Waals surface area contributed by atoms with Crippen molar-refractivity contribution in [3.8, 4) is 0 Å². The topological polar surface area (TPSA) is 116 Å².